The van der Waals surface area contributed by atoms with Gasteiger partial charge in [0, 0.05) is 19.5 Å². The highest BCUT2D eigenvalue weighted by Crippen LogP contribution is 2.31. The van der Waals surface area contributed by atoms with Gasteiger partial charge in [-0.2, -0.15) is 4.31 Å². The molecule has 11 nitrogen and oxygen atoms in total. The Labute approximate surface area is 190 Å². The van der Waals surface area contributed by atoms with E-state index >= 15 is 0 Å². The molecule has 0 saturated carbocycles. The van der Waals surface area contributed by atoms with Crippen molar-refractivity contribution in [3.63, 3.8) is 0 Å². The number of hydrogen-bond donors (Lipinski definition) is 2. The minimum absolute atomic E-state index is 0.0195. The van der Waals surface area contributed by atoms with Crippen LogP contribution in [-0.2, 0) is 21.2 Å². The number of aryl methyl sites for hydroxylation is 2. The first kappa shape index (κ1) is 22.9. The normalized spacial score (nSPS) is 15.1. The summed E-state index contributed by atoms with van der Waals surface area (Å²) in [5.41, 5.74) is 0.870. The van der Waals surface area contributed by atoms with Gasteiger partial charge >= 0.3 is 0 Å². The van der Waals surface area contributed by atoms with Crippen LogP contribution in [0.3, 0.4) is 0 Å². The van der Waals surface area contributed by atoms with E-state index in [2.05, 4.69) is 20.4 Å². The number of rotatable bonds is 7. The lowest BCUT2D eigenvalue weighted by Gasteiger charge is -2.26. The second-order valence-electron chi connectivity index (χ2n) is 7.71. The Bertz CT molecular complexity index is 1380. The van der Waals surface area contributed by atoms with Crippen molar-refractivity contribution in [1.29, 1.82) is 0 Å². The number of aromatic nitrogens is 4. The van der Waals surface area contributed by atoms with E-state index in [1.807, 2.05) is 6.92 Å². The van der Waals surface area contributed by atoms with Crippen LogP contribution >= 0.6 is 0 Å². The first-order chi connectivity index (χ1) is 15.8. The lowest BCUT2D eigenvalue weighted by molar-refractivity contribution is -0.122. The number of carbonyl (C=O) groups is 1. The van der Waals surface area contributed by atoms with Crippen LogP contribution in [0.15, 0.2) is 27.9 Å². The predicted molar refractivity (Wildman–Crippen MR) is 121 cm³/mol. The second-order valence-corrected chi connectivity index (χ2v) is 9.64. The standard InChI is InChI=1S/C21H26N6O5S/c1-4-6-17-23-13(3)19-21(29)24-20(25-27(17)19)15-11-14(7-8-16(15)32-5-2)33(30,31)26-10-9-22-18(28)12-26/h7-8,11H,4-6,9-10,12H2,1-3H3,(H,22,28)(H,24,25,29). The van der Waals surface area contributed by atoms with Crippen molar-refractivity contribution in [3.8, 4) is 17.1 Å². The third kappa shape index (κ3) is 4.23. The average molecular weight is 475 g/mol. The van der Waals surface area contributed by atoms with Crippen LogP contribution in [0.5, 0.6) is 5.75 Å². The Balaban J connectivity index is 1.88. The molecule has 1 fully saturated rings. The summed E-state index contributed by atoms with van der Waals surface area (Å²) < 4.78 is 34.7. The van der Waals surface area contributed by atoms with Crippen LogP contribution in [-0.4, -0.2) is 64.5 Å². The van der Waals surface area contributed by atoms with Gasteiger partial charge in [-0.1, -0.05) is 6.92 Å². The van der Waals surface area contributed by atoms with Crippen molar-refractivity contribution in [3.05, 3.63) is 40.1 Å². The van der Waals surface area contributed by atoms with E-state index in [9.17, 15) is 18.0 Å². The summed E-state index contributed by atoms with van der Waals surface area (Å²) in [6.45, 7) is 6.06. The molecule has 1 saturated heterocycles. The number of nitrogens with one attached hydrogen (secondary N) is 2. The first-order valence-corrected chi connectivity index (χ1v) is 12.2. The number of H-pyrrole nitrogens is 1. The van der Waals surface area contributed by atoms with Gasteiger partial charge < -0.3 is 15.0 Å². The smallest absolute Gasteiger partial charge is 0.277 e. The Morgan fingerprint density at radius 1 is 1.21 bits per heavy atom. The molecule has 12 heteroatoms. The van der Waals surface area contributed by atoms with E-state index in [1.165, 1.54) is 22.7 Å². The fourth-order valence-electron chi connectivity index (χ4n) is 3.85. The van der Waals surface area contributed by atoms with E-state index in [1.54, 1.807) is 13.8 Å². The van der Waals surface area contributed by atoms with Gasteiger partial charge in [0.1, 0.15) is 11.6 Å². The van der Waals surface area contributed by atoms with Crippen molar-refractivity contribution >= 4 is 21.4 Å². The summed E-state index contributed by atoms with van der Waals surface area (Å²) in [6.07, 6.45) is 1.46. The van der Waals surface area contributed by atoms with Gasteiger partial charge in [-0.15, -0.1) is 5.10 Å². The number of carbonyl (C=O) groups excluding carboxylic acids is 1. The maximum Gasteiger partial charge on any atom is 0.277 e. The van der Waals surface area contributed by atoms with E-state index < -0.39 is 10.0 Å². The molecule has 1 amide bonds. The zero-order chi connectivity index (χ0) is 23.8. The lowest BCUT2D eigenvalue weighted by atomic mass is 10.2. The van der Waals surface area contributed by atoms with Gasteiger partial charge in [0.25, 0.3) is 5.56 Å². The number of ether oxygens (including phenoxy) is 1. The fourth-order valence-corrected chi connectivity index (χ4v) is 5.27. The molecule has 1 aromatic carbocycles. The number of benzene rings is 1. The molecule has 0 spiro atoms. The third-order valence-electron chi connectivity index (χ3n) is 5.36. The Morgan fingerprint density at radius 2 is 2.00 bits per heavy atom. The molecule has 4 rings (SSSR count). The highest BCUT2D eigenvalue weighted by Gasteiger charge is 2.30. The van der Waals surface area contributed by atoms with Crippen LogP contribution in [0, 0.1) is 6.92 Å². The second kappa shape index (κ2) is 8.94. The summed E-state index contributed by atoms with van der Waals surface area (Å²) in [5.74, 6) is 0.841. The molecule has 176 valence electrons. The summed E-state index contributed by atoms with van der Waals surface area (Å²) in [5, 5.41) is 7.20. The molecular weight excluding hydrogens is 448 g/mol. The molecule has 3 aromatic rings. The van der Waals surface area contributed by atoms with Crippen molar-refractivity contribution in [1.82, 2.24) is 29.2 Å². The van der Waals surface area contributed by atoms with Crippen molar-refractivity contribution in [2.24, 2.45) is 0 Å². The zero-order valence-electron chi connectivity index (χ0n) is 18.7. The van der Waals surface area contributed by atoms with E-state index in [4.69, 9.17) is 4.74 Å². The highest BCUT2D eigenvalue weighted by molar-refractivity contribution is 7.89. The molecule has 1 aliphatic rings. The minimum Gasteiger partial charge on any atom is -0.493 e. The molecule has 0 bridgehead atoms. The SMILES string of the molecule is CCCc1nc(C)c2c(=O)[nH]c(-c3cc(S(=O)(=O)N4CCNC(=O)C4)ccc3OCC)nn12. The molecule has 3 heterocycles. The molecule has 33 heavy (non-hydrogen) atoms. The monoisotopic (exact) mass is 474 g/mol. The summed E-state index contributed by atoms with van der Waals surface area (Å²) in [7, 11) is -3.94. The van der Waals surface area contributed by atoms with Gasteiger partial charge in [-0.05, 0) is 38.5 Å². The Kier molecular flexibility index (Phi) is 6.21. The molecule has 2 N–H and O–H groups in total. The highest BCUT2D eigenvalue weighted by atomic mass is 32.2. The van der Waals surface area contributed by atoms with Gasteiger partial charge in [0.2, 0.25) is 15.9 Å². The van der Waals surface area contributed by atoms with Crippen LogP contribution in [0.25, 0.3) is 16.9 Å². The summed E-state index contributed by atoms with van der Waals surface area (Å²) in [4.78, 5) is 31.8. The van der Waals surface area contributed by atoms with Gasteiger partial charge in [0.05, 0.1) is 29.3 Å². The number of sulfonamides is 1. The average Bonchev–Trinajstić information content (AvgIpc) is 3.10. The topological polar surface area (TPSA) is 139 Å². The van der Waals surface area contributed by atoms with Crippen LogP contribution in [0.4, 0.5) is 0 Å². The van der Waals surface area contributed by atoms with E-state index in [0.29, 0.717) is 41.4 Å². The molecule has 0 radical (unpaired) electrons. The molecule has 0 unspecified atom stereocenters. The fraction of sp³-hybridized carbons (Fsp3) is 0.429. The maximum atomic E-state index is 13.2. The molecule has 1 aliphatic heterocycles. The number of fused-ring (bicyclic) bond motifs is 1. The van der Waals surface area contributed by atoms with Gasteiger partial charge in [-0.3, -0.25) is 9.59 Å². The van der Waals surface area contributed by atoms with Crippen LogP contribution in [0.2, 0.25) is 0 Å². The first-order valence-electron chi connectivity index (χ1n) is 10.8. The van der Waals surface area contributed by atoms with Gasteiger partial charge in [-0.25, -0.2) is 17.9 Å². The molecule has 0 aliphatic carbocycles. The Morgan fingerprint density at radius 3 is 2.70 bits per heavy atom. The van der Waals surface area contributed by atoms with Crippen molar-refractivity contribution < 1.29 is 17.9 Å². The van der Waals surface area contributed by atoms with Crippen molar-refractivity contribution in [2.45, 2.75) is 38.5 Å². The number of hydrogen-bond acceptors (Lipinski definition) is 7. The zero-order valence-corrected chi connectivity index (χ0v) is 19.5. The number of aromatic amines is 1. The Hall–Kier alpha value is -3.25. The molecule has 2 aromatic heterocycles. The summed E-state index contributed by atoms with van der Waals surface area (Å²) in [6, 6.07) is 4.38. The summed E-state index contributed by atoms with van der Waals surface area (Å²) >= 11 is 0. The van der Waals surface area contributed by atoms with Crippen molar-refractivity contribution in [2.75, 3.05) is 26.2 Å². The quantitative estimate of drug-likeness (QED) is 0.518. The third-order valence-corrected chi connectivity index (χ3v) is 7.20. The molecular formula is C21H26N6O5S. The largest absolute Gasteiger partial charge is 0.493 e. The van der Waals surface area contributed by atoms with Crippen LogP contribution < -0.4 is 15.6 Å². The maximum absolute atomic E-state index is 13.2. The number of imidazole rings is 1. The lowest BCUT2D eigenvalue weighted by Crippen LogP contribution is -2.49. The number of nitrogens with zero attached hydrogens (tertiary/aromatic N) is 4. The molecule has 0 atom stereocenters. The van der Waals surface area contributed by atoms with Gasteiger partial charge in [0.15, 0.2) is 11.3 Å². The number of amides is 1. The number of piperazine rings is 1. The predicted octanol–water partition coefficient (Wildman–Crippen LogP) is 0.865. The minimum atomic E-state index is -3.94. The van der Waals surface area contributed by atoms with Crippen LogP contribution in [0.1, 0.15) is 31.8 Å². The van der Waals surface area contributed by atoms with E-state index in [0.717, 1.165) is 10.7 Å². The van der Waals surface area contributed by atoms with E-state index in [-0.39, 0.29) is 41.8 Å².